The molecule has 1 aromatic rings. The van der Waals surface area contributed by atoms with Gasteiger partial charge in [-0.15, -0.1) is 11.8 Å². The van der Waals surface area contributed by atoms with Crippen LogP contribution in [0.4, 0.5) is 10.1 Å². The number of nitrogens with zero attached hydrogens (tertiary/aromatic N) is 1. The van der Waals surface area contributed by atoms with E-state index in [9.17, 15) is 14.0 Å². The van der Waals surface area contributed by atoms with Gasteiger partial charge in [0.1, 0.15) is 6.67 Å². The third-order valence-electron chi connectivity index (χ3n) is 3.33. The second kappa shape index (κ2) is 5.56. The number of anilines is 1. The number of hydrogen-bond acceptors (Lipinski definition) is 3. The zero-order chi connectivity index (χ0) is 14.9. The van der Waals surface area contributed by atoms with Crippen molar-refractivity contribution in [3.8, 4) is 0 Å². The van der Waals surface area contributed by atoms with E-state index in [1.54, 1.807) is 12.1 Å². The first-order chi connectivity index (χ1) is 9.40. The number of carbonyl (C=O) groups is 2. The molecular weight excluding hydrogens is 277 g/mol. The molecule has 0 unspecified atom stereocenters. The predicted octanol–water partition coefficient (Wildman–Crippen LogP) is 3.47. The summed E-state index contributed by atoms with van der Waals surface area (Å²) < 4.78 is 12.1. The van der Waals surface area contributed by atoms with Crippen LogP contribution in [0, 0.1) is 0 Å². The summed E-state index contributed by atoms with van der Waals surface area (Å²) in [6.45, 7) is 4.93. The number of hydrogen-bond donors (Lipinski definition) is 0. The Morgan fingerprint density at radius 3 is 2.70 bits per heavy atom. The summed E-state index contributed by atoms with van der Waals surface area (Å²) in [5.74, 6) is -0.0256. The number of halogens is 1. The molecule has 0 N–H and O–H groups in total. The number of rotatable bonds is 4. The smallest absolute Gasteiger partial charge is 0.243 e. The lowest BCUT2D eigenvalue weighted by Crippen LogP contribution is -2.47. The zero-order valence-electron chi connectivity index (χ0n) is 11.9. The van der Waals surface area contributed by atoms with Gasteiger partial charge in [-0.25, -0.2) is 4.39 Å². The molecule has 1 aromatic carbocycles. The molecule has 2 rings (SSSR count). The van der Waals surface area contributed by atoms with Gasteiger partial charge in [0.05, 0.1) is 17.0 Å². The van der Waals surface area contributed by atoms with Crippen LogP contribution in [0.15, 0.2) is 23.1 Å². The largest absolute Gasteiger partial charge is 0.307 e. The van der Waals surface area contributed by atoms with Crippen molar-refractivity contribution >= 4 is 29.1 Å². The Morgan fingerprint density at radius 1 is 1.40 bits per heavy atom. The van der Waals surface area contributed by atoms with E-state index in [0.29, 0.717) is 17.7 Å². The van der Waals surface area contributed by atoms with E-state index < -0.39 is 11.4 Å². The average Bonchev–Trinajstić information content (AvgIpc) is 2.42. The van der Waals surface area contributed by atoms with Gasteiger partial charge in [0.25, 0.3) is 0 Å². The van der Waals surface area contributed by atoms with Crippen LogP contribution in [-0.2, 0) is 4.79 Å². The molecule has 1 aliphatic rings. The Labute approximate surface area is 122 Å². The van der Waals surface area contributed by atoms with Gasteiger partial charge in [-0.2, -0.15) is 0 Å². The summed E-state index contributed by atoms with van der Waals surface area (Å²) in [6, 6.07) is 5.27. The highest BCUT2D eigenvalue weighted by atomic mass is 32.2. The third-order valence-corrected chi connectivity index (χ3v) is 4.56. The van der Waals surface area contributed by atoms with Gasteiger partial charge in [-0.05, 0) is 32.0 Å². The summed E-state index contributed by atoms with van der Waals surface area (Å²) >= 11 is 1.43. The monoisotopic (exact) mass is 295 g/mol. The number of benzene rings is 1. The van der Waals surface area contributed by atoms with Gasteiger partial charge in [0, 0.05) is 16.9 Å². The van der Waals surface area contributed by atoms with Crippen molar-refractivity contribution in [2.24, 2.45) is 0 Å². The van der Waals surface area contributed by atoms with E-state index in [4.69, 9.17) is 0 Å². The second-order valence-electron chi connectivity index (χ2n) is 5.22. The second-order valence-corrected chi connectivity index (χ2v) is 6.88. The predicted molar refractivity (Wildman–Crippen MR) is 79.3 cm³/mol. The molecule has 0 saturated carbocycles. The lowest BCUT2D eigenvalue weighted by Gasteiger charge is -2.37. The standard InChI is InChI=1S/C15H18FNO2S/c1-4-12(18)10-5-6-11-13(9-10)20-15(2,3)14(19)17(11)8-7-16/h5-6,9H,4,7-8H2,1-3H3. The molecule has 0 spiro atoms. The van der Waals surface area contributed by atoms with Crippen molar-refractivity contribution in [3.63, 3.8) is 0 Å². The highest BCUT2D eigenvalue weighted by Crippen LogP contribution is 2.45. The first kappa shape index (κ1) is 15.0. The molecule has 108 valence electrons. The van der Waals surface area contributed by atoms with E-state index in [1.165, 1.54) is 16.7 Å². The van der Waals surface area contributed by atoms with Gasteiger partial charge in [0.2, 0.25) is 5.91 Å². The maximum atomic E-state index is 12.7. The lowest BCUT2D eigenvalue weighted by atomic mass is 10.1. The van der Waals surface area contributed by atoms with Crippen molar-refractivity contribution in [1.29, 1.82) is 0 Å². The average molecular weight is 295 g/mol. The maximum absolute atomic E-state index is 12.7. The molecule has 0 atom stereocenters. The Bertz CT molecular complexity index is 557. The molecular formula is C15H18FNO2S. The first-order valence-electron chi connectivity index (χ1n) is 6.65. The Hall–Kier alpha value is -1.36. The third kappa shape index (κ3) is 2.59. The number of Topliss-reactive ketones (excluding diaryl/α,β-unsaturated/α-hetero) is 1. The Morgan fingerprint density at radius 2 is 2.10 bits per heavy atom. The van der Waals surface area contributed by atoms with Crippen LogP contribution in [0.5, 0.6) is 0 Å². The minimum atomic E-state index is -0.643. The van der Waals surface area contributed by atoms with Crippen molar-refractivity contribution in [1.82, 2.24) is 0 Å². The fourth-order valence-electron chi connectivity index (χ4n) is 2.26. The molecule has 0 aromatic heterocycles. The van der Waals surface area contributed by atoms with Crippen LogP contribution in [0.2, 0.25) is 0 Å². The normalized spacial score (nSPS) is 17.0. The highest BCUT2D eigenvalue weighted by molar-refractivity contribution is 8.01. The van der Waals surface area contributed by atoms with Crippen molar-refractivity contribution in [2.75, 3.05) is 18.1 Å². The molecule has 20 heavy (non-hydrogen) atoms. The molecule has 0 saturated heterocycles. The molecule has 0 fully saturated rings. The van der Waals surface area contributed by atoms with Crippen molar-refractivity contribution in [3.05, 3.63) is 23.8 Å². The summed E-state index contributed by atoms with van der Waals surface area (Å²) in [5, 5.41) is 0. The van der Waals surface area contributed by atoms with E-state index >= 15 is 0 Å². The quantitative estimate of drug-likeness (QED) is 0.798. The van der Waals surface area contributed by atoms with Gasteiger partial charge in [-0.1, -0.05) is 6.92 Å². The number of alkyl halides is 1. The summed E-state index contributed by atoms with van der Waals surface area (Å²) in [5.41, 5.74) is 1.34. The summed E-state index contributed by atoms with van der Waals surface area (Å²) in [4.78, 5) is 26.5. The fraction of sp³-hybridized carbons (Fsp3) is 0.467. The Balaban J connectivity index is 2.48. The number of carbonyl (C=O) groups excluding carboxylic acids is 2. The van der Waals surface area contributed by atoms with Crippen molar-refractivity contribution < 1.29 is 14.0 Å². The first-order valence-corrected chi connectivity index (χ1v) is 7.46. The van der Waals surface area contributed by atoms with E-state index in [2.05, 4.69) is 0 Å². The molecule has 0 radical (unpaired) electrons. The molecule has 0 aliphatic carbocycles. The molecule has 0 bridgehead atoms. The number of fused-ring (bicyclic) bond motifs is 1. The number of thioether (sulfide) groups is 1. The van der Waals surface area contributed by atoms with Gasteiger partial charge < -0.3 is 4.90 Å². The minimum absolute atomic E-state index is 0.0525. The molecule has 5 heteroatoms. The maximum Gasteiger partial charge on any atom is 0.243 e. The molecule has 1 aliphatic heterocycles. The van der Waals surface area contributed by atoms with E-state index in [1.807, 2.05) is 26.8 Å². The van der Waals surface area contributed by atoms with Crippen LogP contribution in [-0.4, -0.2) is 29.7 Å². The van der Waals surface area contributed by atoms with Crippen LogP contribution < -0.4 is 4.90 Å². The summed E-state index contributed by atoms with van der Waals surface area (Å²) in [7, 11) is 0. The van der Waals surface area contributed by atoms with Crippen LogP contribution >= 0.6 is 11.8 Å². The highest BCUT2D eigenvalue weighted by Gasteiger charge is 2.39. The fourth-order valence-corrected chi connectivity index (χ4v) is 3.47. The van der Waals surface area contributed by atoms with Gasteiger partial charge in [0.15, 0.2) is 5.78 Å². The SMILES string of the molecule is CCC(=O)c1ccc2c(c1)SC(C)(C)C(=O)N2CCF. The van der Waals surface area contributed by atoms with E-state index in [-0.39, 0.29) is 18.2 Å². The zero-order valence-corrected chi connectivity index (χ0v) is 12.7. The molecule has 1 amide bonds. The van der Waals surface area contributed by atoms with Crippen LogP contribution in [0.3, 0.4) is 0 Å². The topological polar surface area (TPSA) is 37.4 Å². The summed E-state index contributed by atoms with van der Waals surface area (Å²) in [6.07, 6.45) is 0.444. The molecule has 1 heterocycles. The number of amides is 1. The van der Waals surface area contributed by atoms with Crippen LogP contribution in [0.25, 0.3) is 0 Å². The van der Waals surface area contributed by atoms with Gasteiger partial charge in [-0.3, -0.25) is 9.59 Å². The number of ketones is 1. The van der Waals surface area contributed by atoms with Crippen LogP contribution in [0.1, 0.15) is 37.6 Å². The lowest BCUT2D eigenvalue weighted by molar-refractivity contribution is -0.120. The Kier molecular flexibility index (Phi) is 4.18. The molecule has 3 nitrogen and oxygen atoms in total. The minimum Gasteiger partial charge on any atom is -0.307 e. The van der Waals surface area contributed by atoms with E-state index in [0.717, 1.165) is 4.90 Å². The van der Waals surface area contributed by atoms with Crippen molar-refractivity contribution in [2.45, 2.75) is 36.8 Å². The van der Waals surface area contributed by atoms with Gasteiger partial charge >= 0.3 is 0 Å².